The number of hydrogen-bond acceptors (Lipinski definition) is 2. The van der Waals surface area contributed by atoms with Crippen molar-refractivity contribution in [3.63, 3.8) is 0 Å². The van der Waals surface area contributed by atoms with E-state index in [2.05, 4.69) is 23.5 Å². The zero-order valence-corrected chi connectivity index (χ0v) is 17.4. The van der Waals surface area contributed by atoms with Crippen LogP contribution in [0, 0.1) is 12.8 Å². The molecule has 2 aliphatic rings. The van der Waals surface area contributed by atoms with Crippen LogP contribution in [-0.4, -0.2) is 16.8 Å². The number of hydrazone groups is 1. The topological polar surface area (TPSA) is 44.7 Å². The predicted molar refractivity (Wildman–Crippen MR) is 121 cm³/mol. The molecule has 1 heterocycles. The molecule has 0 saturated carbocycles. The summed E-state index contributed by atoms with van der Waals surface area (Å²) in [5.41, 5.74) is 6.39. The van der Waals surface area contributed by atoms with E-state index < -0.39 is 0 Å². The molecule has 4 nitrogen and oxygen atoms in total. The van der Waals surface area contributed by atoms with E-state index in [1.165, 1.54) is 5.56 Å². The van der Waals surface area contributed by atoms with Crippen molar-refractivity contribution in [2.24, 2.45) is 11.0 Å². The molecular weight excluding hydrogens is 394 g/mol. The molecule has 0 aromatic heterocycles. The molecule has 1 N–H and O–H groups in total. The molecule has 0 fully saturated rings. The molecule has 5 rings (SSSR count). The van der Waals surface area contributed by atoms with Gasteiger partial charge in [0.15, 0.2) is 0 Å². The van der Waals surface area contributed by atoms with Gasteiger partial charge in [-0.1, -0.05) is 65.7 Å². The van der Waals surface area contributed by atoms with Gasteiger partial charge in [-0.15, -0.1) is 0 Å². The number of nitrogens with zero attached hydrogens (tertiary/aromatic N) is 2. The first-order valence-corrected chi connectivity index (χ1v) is 10.6. The zero-order valence-electron chi connectivity index (χ0n) is 16.7. The Morgan fingerprint density at radius 1 is 1.03 bits per heavy atom. The molecule has 3 aromatic rings. The van der Waals surface area contributed by atoms with E-state index >= 15 is 0 Å². The van der Waals surface area contributed by atoms with Crippen LogP contribution in [0.2, 0.25) is 5.02 Å². The number of carbonyl (C=O) groups is 1. The van der Waals surface area contributed by atoms with Crippen molar-refractivity contribution in [3.05, 3.63) is 100 Å². The summed E-state index contributed by atoms with van der Waals surface area (Å²) < 4.78 is 0. The third-order valence-corrected chi connectivity index (χ3v) is 6.20. The maximum atomic E-state index is 13.3. The van der Waals surface area contributed by atoms with Crippen LogP contribution in [0.15, 0.2) is 77.9 Å². The smallest absolute Gasteiger partial charge is 0.306 e. The maximum absolute atomic E-state index is 13.3. The number of anilines is 1. The summed E-state index contributed by atoms with van der Waals surface area (Å²) >= 11 is 6.12. The molecule has 30 heavy (non-hydrogen) atoms. The number of amides is 2. The van der Waals surface area contributed by atoms with Gasteiger partial charge in [-0.2, -0.15) is 5.10 Å². The van der Waals surface area contributed by atoms with Crippen LogP contribution in [0.25, 0.3) is 0 Å². The van der Waals surface area contributed by atoms with E-state index in [0.717, 1.165) is 40.9 Å². The Balaban J connectivity index is 1.53. The van der Waals surface area contributed by atoms with Crippen molar-refractivity contribution >= 4 is 29.0 Å². The maximum Gasteiger partial charge on any atom is 0.342 e. The zero-order chi connectivity index (χ0) is 20.7. The summed E-state index contributed by atoms with van der Waals surface area (Å²) in [6.07, 6.45) is 1.94. The van der Waals surface area contributed by atoms with E-state index in [0.29, 0.717) is 5.02 Å². The summed E-state index contributed by atoms with van der Waals surface area (Å²) in [4.78, 5) is 13.3. The summed E-state index contributed by atoms with van der Waals surface area (Å²) in [7, 11) is 0. The molecule has 2 amide bonds. The molecule has 0 saturated heterocycles. The van der Waals surface area contributed by atoms with E-state index in [9.17, 15) is 4.79 Å². The van der Waals surface area contributed by atoms with Gasteiger partial charge in [0.2, 0.25) is 0 Å². The number of hydrogen-bond donors (Lipinski definition) is 1. The second-order valence-corrected chi connectivity index (χ2v) is 8.36. The summed E-state index contributed by atoms with van der Waals surface area (Å²) in [6.45, 7) is 2.02. The number of halogens is 1. The Morgan fingerprint density at radius 3 is 2.53 bits per heavy atom. The van der Waals surface area contributed by atoms with E-state index in [-0.39, 0.29) is 18.0 Å². The molecule has 0 spiro atoms. The minimum Gasteiger partial charge on any atom is -0.306 e. The highest BCUT2D eigenvalue weighted by Gasteiger charge is 2.43. The van der Waals surface area contributed by atoms with Crippen molar-refractivity contribution in [1.29, 1.82) is 0 Å². The number of urea groups is 1. The fourth-order valence-corrected chi connectivity index (χ4v) is 4.57. The molecule has 3 aromatic carbocycles. The molecule has 1 aliphatic heterocycles. The van der Waals surface area contributed by atoms with Crippen molar-refractivity contribution < 1.29 is 4.79 Å². The van der Waals surface area contributed by atoms with Gasteiger partial charge in [-0.05, 0) is 55.2 Å². The lowest BCUT2D eigenvalue weighted by Gasteiger charge is -2.29. The largest absolute Gasteiger partial charge is 0.342 e. The molecule has 1 aliphatic carbocycles. The van der Waals surface area contributed by atoms with Crippen LogP contribution in [0.1, 0.15) is 34.7 Å². The minimum absolute atomic E-state index is 0.156. The summed E-state index contributed by atoms with van der Waals surface area (Å²) in [5.74, 6) is 0.157. The Hall–Kier alpha value is -3.11. The van der Waals surface area contributed by atoms with Crippen molar-refractivity contribution in [3.8, 4) is 0 Å². The van der Waals surface area contributed by atoms with Crippen LogP contribution in [0.5, 0.6) is 0 Å². The van der Waals surface area contributed by atoms with Crippen molar-refractivity contribution in [2.75, 3.05) is 5.32 Å². The first kappa shape index (κ1) is 18.9. The predicted octanol–water partition coefficient (Wildman–Crippen LogP) is 6.20. The van der Waals surface area contributed by atoms with Gasteiger partial charge in [-0.3, -0.25) is 0 Å². The van der Waals surface area contributed by atoms with Gasteiger partial charge in [0.25, 0.3) is 0 Å². The third-order valence-electron chi connectivity index (χ3n) is 5.95. The number of rotatable bonds is 2. The lowest BCUT2D eigenvalue weighted by molar-refractivity contribution is 0.188. The normalized spacial score (nSPS) is 19.7. The SMILES string of the molecule is Cc1ccc(NC(=O)N2N=C3c4ccccc4CC[C@H]3[C@@H]2c2ccc(Cl)cc2)cc1. The van der Waals surface area contributed by atoms with Crippen LogP contribution in [0.4, 0.5) is 10.5 Å². The molecule has 0 unspecified atom stereocenters. The van der Waals surface area contributed by atoms with Gasteiger partial charge < -0.3 is 5.32 Å². The van der Waals surface area contributed by atoms with E-state index in [1.54, 1.807) is 5.01 Å². The Labute approximate surface area is 181 Å². The Kier molecular flexibility index (Phi) is 4.80. The van der Waals surface area contributed by atoms with Crippen molar-refractivity contribution in [1.82, 2.24) is 5.01 Å². The molecule has 2 atom stereocenters. The summed E-state index contributed by atoms with van der Waals surface area (Å²) in [5, 5.41) is 10.2. The van der Waals surface area contributed by atoms with E-state index in [4.69, 9.17) is 16.7 Å². The number of carbonyl (C=O) groups excluding carboxylic acids is 1. The first-order chi connectivity index (χ1) is 14.6. The molecule has 0 bridgehead atoms. The molecule has 150 valence electrons. The van der Waals surface area contributed by atoms with E-state index in [1.807, 2.05) is 61.5 Å². The van der Waals surface area contributed by atoms with Crippen LogP contribution in [0.3, 0.4) is 0 Å². The van der Waals surface area contributed by atoms with Gasteiger partial charge >= 0.3 is 6.03 Å². The molecule has 5 heteroatoms. The minimum atomic E-state index is -0.224. The Morgan fingerprint density at radius 2 is 1.77 bits per heavy atom. The number of benzene rings is 3. The van der Waals surface area contributed by atoms with Crippen LogP contribution >= 0.6 is 11.6 Å². The highest BCUT2D eigenvalue weighted by Crippen LogP contribution is 2.43. The number of nitrogens with one attached hydrogen (secondary N) is 1. The van der Waals surface area contributed by atoms with Gasteiger partial charge in [0.1, 0.15) is 0 Å². The van der Waals surface area contributed by atoms with Gasteiger partial charge in [0.05, 0.1) is 11.8 Å². The highest BCUT2D eigenvalue weighted by molar-refractivity contribution is 6.30. The number of aryl methyl sites for hydroxylation is 2. The fourth-order valence-electron chi connectivity index (χ4n) is 4.44. The van der Waals surface area contributed by atoms with Crippen molar-refractivity contribution in [2.45, 2.75) is 25.8 Å². The second kappa shape index (κ2) is 7.62. The second-order valence-electron chi connectivity index (χ2n) is 7.92. The summed E-state index contributed by atoms with van der Waals surface area (Å²) in [6, 6.07) is 23.5. The third kappa shape index (κ3) is 3.37. The average Bonchev–Trinajstić information content (AvgIpc) is 3.16. The molecular formula is C25H22ClN3O. The van der Waals surface area contributed by atoms with Crippen LogP contribution in [-0.2, 0) is 6.42 Å². The van der Waals surface area contributed by atoms with Gasteiger partial charge in [-0.25, -0.2) is 9.80 Å². The average molecular weight is 416 g/mol. The lowest BCUT2D eigenvalue weighted by atomic mass is 9.77. The lowest BCUT2D eigenvalue weighted by Crippen LogP contribution is -2.34. The Bertz CT molecular complexity index is 1120. The molecule has 0 radical (unpaired) electrons. The van der Waals surface area contributed by atoms with Gasteiger partial charge in [0, 0.05) is 22.2 Å². The highest BCUT2D eigenvalue weighted by atomic mass is 35.5. The number of fused-ring (bicyclic) bond motifs is 3. The first-order valence-electron chi connectivity index (χ1n) is 10.2. The monoisotopic (exact) mass is 415 g/mol. The fraction of sp³-hybridized carbons (Fsp3) is 0.200. The quantitative estimate of drug-likeness (QED) is 0.531. The van der Waals surface area contributed by atoms with Crippen LogP contribution < -0.4 is 5.32 Å². The standard InChI is InChI=1S/C25H22ClN3O/c1-16-6-13-20(14-7-16)27-25(30)29-24(18-8-11-19(26)12-9-18)22-15-10-17-4-2-3-5-21(17)23(22)28-29/h2-9,11-14,22,24H,10,15H2,1H3,(H,27,30)/t22-,24+/m1/s1.